The van der Waals surface area contributed by atoms with Gasteiger partial charge in [0, 0.05) is 31.7 Å². The van der Waals surface area contributed by atoms with Crippen molar-refractivity contribution in [2.75, 3.05) is 14.1 Å². The highest BCUT2D eigenvalue weighted by atomic mass is 32.1. The van der Waals surface area contributed by atoms with E-state index in [4.69, 9.17) is 0 Å². The maximum atomic E-state index is 11.5. The Morgan fingerprint density at radius 2 is 2.43 bits per heavy atom. The third kappa shape index (κ3) is 3.08. The van der Waals surface area contributed by atoms with Crippen molar-refractivity contribution in [3.05, 3.63) is 16.6 Å². The number of hydrogen-bond acceptors (Lipinski definition) is 4. The highest BCUT2D eigenvalue weighted by molar-refractivity contribution is 7.09. The van der Waals surface area contributed by atoms with Gasteiger partial charge >= 0.3 is 0 Å². The summed E-state index contributed by atoms with van der Waals surface area (Å²) in [7, 11) is 3.51. The highest BCUT2D eigenvalue weighted by Gasteiger charge is 2.13. The third-order valence-corrected chi connectivity index (χ3v) is 2.66. The first-order valence-corrected chi connectivity index (χ1v) is 5.31. The number of amides is 1. The molecular weight excluding hydrogens is 198 g/mol. The summed E-state index contributed by atoms with van der Waals surface area (Å²) in [6.07, 6.45) is 1.81. The average molecular weight is 213 g/mol. The first-order chi connectivity index (χ1) is 6.61. The monoisotopic (exact) mass is 213 g/mol. The molecule has 0 radical (unpaired) electrons. The van der Waals surface area contributed by atoms with Crippen LogP contribution < -0.4 is 5.32 Å². The van der Waals surface area contributed by atoms with Gasteiger partial charge in [0.15, 0.2) is 0 Å². The summed E-state index contributed by atoms with van der Waals surface area (Å²) >= 11 is 1.59. The fourth-order valence-electron chi connectivity index (χ4n) is 1.06. The lowest BCUT2D eigenvalue weighted by Gasteiger charge is -2.17. The molecule has 4 nitrogen and oxygen atoms in total. The zero-order valence-electron chi connectivity index (χ0n) is 8.65. The van der Waals surface area contributed by atoms with Gasteiger partial charge in [-0.2, -0.15) is 0 Å². The quantitative estimate of drug-likeness (QED) is 0.801. The zero-order valence-corrected chi connectivity index (χ0v) is 9.47. The van der Waals surface area contributed by atoms with E-state index in [1.54, 1.807) is 35.8 Å². The number of likely N-dealkylation sites (N-methyl/N-ethyl adjacent to an activating group) is 1. The molecule has 1 rings (SSSR count). The maximum absolute atomic E-state index is 11.5. The molecule has 1 atom stereocenters. The van der Waals surface area contributed by atoms with Crippen LogP contribution in [0.25, 0.3) is 0 Å². The van der Waals surface area contributed by atoms with Crippen molar-refractivity contribution in [1.82, 2.24) is 15.2 Å². The molecule has 0 aliphatic carbocycles. The van der Waals surface area contributed by atoms with Crippen LogP contribution in [0.1, 0.15) is 11.8 Å². The number of nitrogens with zero attached hydrogens (tertiary/aromatic N) is 2. The Morgan fingerprint density at radius 3 is 2.93 bits per heavy atom. The van der Waals surface area contributed by atoms with E-state index in [0.29, 0.717) is 6.54 Å². The van der Waals surface area contributed by atoms with Crippen LogP contribution in [0.3, 0.4) is 0 Å². The van der Waals surface area contributed by atoms with Crippen LogP contribution in [-0.4, -0.2) is 35.9 Å². The molecule has 1 N–H and O–H groups in total. The number of carbonyl (C=O) groups excluding carboxylic acids is 1. The first-order valence-electron chi connectivity index (χ1n) is 4.43. The molecule has 1 heterocycles. The number of nitrogens with one attached hydrogen (secondary N) is 1. The minimum atomic E-state index is -0.146. The molecule has 1 aromatic rings. The third-order valence-electron chi connectivity index (χ3n) is 1.88. The summed E-state index contributed by atoms with van der Waals surface area (Å²) in [5.41, 5.74) is 1.79. The predicted molar refractivity (Wildman–Crippen MR) is 57.1 cm³/mol. The van der Waals surface area contributed by atoms with Crippen molar-refractivity contribution in [2.45, 2.75) is 19.5 Å². The van der Waals surface area contributed by atoms with Crippen LogP contribution in [0.2, 0.25) is 0 Å². The molecule has 0 bridgehead atoms. The Bertz CT molecular complexity index is 284. The van der Waals surface area contributed by atoms with Gasteiger partial charge in [-0.05, 0) is 6.92 Å². The molecular formula is C9H15N3OS. The fourth-order valence-corrected chi connectivity index (χ4v) is 1.60. The van der Waals surface area contributed by atoms with Gasteiger partial charge in [-0.15, -0.1) is 11.3 Å². The van der Waals surface area contributed by atoms with E-state index >= 15 is 0 Å². The Kier molecular flexibility index (Phi) is 4.03. The molecule has 0 saturated heterocycles. The van der Waals surface area contributed by atoms with Gasteiger partial charge in [-0.25, -0.2) is 0 Å². The Morgan fingerprint density at radius 1 is 1.71 bits per heavy atom. The van der Waals surface area contributed by atoms with Gasteiger partial charge in [0.2, 0.25) is 5.91 Å². The van der Waals surface area contributed by atoms with Crippen LogP contribution in [0.15, 0.2) is 11.7 Å². The Labute approximate surface area is 88.0 Å². The minimum Gasteiger partial charge on any atom is -0.347 e. The second kappa shape index (κ2) is 5.07. The normalized spacial score (nSPS) is 12.5. The number of rotatable bonds is 4. The molecule has 0 spiro atoms. The summed E-state index contributed by atoms with van der Waals surface area (Å²) < 4.78 is 0. The summed E-state index contributed by atoms with van der Waals surface area (Å²) in [5.74, 6) is 0.0921. The highest BCUT2D eigenvalue weighted by Crippen LogP contribution is 2.04. The van der Waals surface area contributed by atoms with E-state index < -0.39 is 0 Å². The van der Waals surface area contributed by atoms with Crippen LogP contribution in [0.5, 0.6) is 0 Å². The minimum absolute atomic E-state index is 0.0921. The standard InChI is InChI=1S/C9H15N3OS/c1-7(9(13)12(2)3)11-5-8-4-10-6-14-8/h4,6-7,11H,5H2,1-3H3. The van der Waals surface area contributed by atoms with Gasteiger partial charge in [-0.1, -0.05) is 0 Å². The van der Waals surface area contributed by atoms with Gasteiger partial charge in [0.25, 0.3) is 0 Å². The molecule has 0 aliphatic heterocycles. The van der Waals surface area contributed by atoms with E-state index in [0.717, 1.165) is 4.88 Å². The van der Waals surface area contributed by atoms with E-state index in [2.05, 4.69) is 10.3 Å². The predicted octanol–water partition coefficient (Wildman–Crippen LogP) is 0.709. The lowest BCUT2D eigenvalue weighted by molar-refractivity contribution is -0.130. The topological polar surface area (TPSA) is 45.2 Å². The second-order valence-corrected chi connectivity index (χ2v) is 4.27. The van der Waals surface area contributed by atoms with Gasteiger partial charge in [0.05, 0.1) is 11.6 Å². The van der Waals surface area contributed by atoms with Gasteiger partial charge < -0.3 is 10.2 Å². The molecule has 5 heteroatoms. The molecule has 0 fully saturated rings. The summed E-state index contributed by atoms with van der Waals surface area (Å²) in [4.78, 5) is 18.1. The summed E-state index contributed by atoms with van der Waals surface area (Å²) in [5, 5.41) is 3.15. The molecule has 1 aromatic heterocycles. The van der Waals surface area contributed by atoms with Crippen LogP contribution in [-0.2, 0) is 11.3 Å². The molecule has 0 aliphatic rings. The van der Waals surface area contributed by atoms with Crippen molar-refractivity contribution in [3.8, 4) is 0 Å². The molecule has 14 heavy (non-hydrogen) atoms. The summed E-state index contributed by atoms with van der Waals surface area (Å²) in [6.45, 7) is 2.56. The Balaban J connectivity index is 2.35. The lowest BCUT2D eigenvalue weighted by Crippen LogP contribution is -2.40. The molecule has 0 saturated carbocycles. The van der Waals surface area contributed by atoms with Crippen molar-refractivity contribution in [2.24, 2.45) is 0 Å². The number of carbonyl (C=O) groups is 1. The molecule has 78 valence electrons. The fraction of sp³-hybridized carbons (Fsp3) is 0.556. The van der Waals surface area contributed by atoms with Gasteiger partial charge in [-0.3, -0.25) is 9.78 Å². The maximum Gasteiger partial charge on any atom is 0.238 e. The zero-order chi connectivity index (χ0) is 10.6. The van der Waals surface area contributed by atoms with Crippen molar-refractivity contribution in [3.63, 3.8) is 0 Å². The molecule has 0 aromatic carbocycles. The van der Waals surface area contributed by atoms with E-state index in [1.807, 2.05) is 13.1 Å². The molecule has 1 unspecified atom stereocenters. The van der Waals surface area contributed by atoms with Crippen molar-refractivity contribution in [1.29, 1.82) is 0 Å². The summed E-state index contributed by atoms with van der Waals surface area (Å²) in [6, 6.07) is -0.146. The average Bonchev–Trinajstić information content (AvgIpc) is 2.65. The van der Waals surface area contributed by atoms with Crippen LogP contribution >= 0.6 is 11.3 Å². The van der Waals surface area contributed by atoms with Crippen molar-refractivity contribution < 1.29 is 4.79 Å². The van der Waals surface area contributed by atoms with E-state index in [-0.39, 0.29) is 11.9 Å². The second-order valence-electron chi connectivity index (χ2n) is 3.30. The first kappa shape index (κ1) is 11.1. The number of aromatic nitrogens is 1. The van der Waals surface area contributed by atoms with E-state index in [9.17, 15) is 4.79 Å². The SMILES string of the molecule is CC(NCc1cncs1)C(=O)N(C)C. The number of thiazole rings is 1. The molecule has 1 amide bonds. The van der Waals surface area contributed by atoms with Gasteiger partial charge in [0.1, 0.15) is 0 Å². The van der Waals surface area contributed by atoms with Crippen molar-refractivity contribution >= 4 is 17.2 Å². The Hall–Kier alpha value is -0.940. The largest absolute Gasteiger partial charge is 0.347 e. The van der Waals surface area contributed by atoms with Crippen LogP contribution in [0, 0.1) is 0 Å². The van der Waals surface area contributed by atoms with Crippen LogP contribution in [0.4, 0.5) is 0 Å². The lowest BCUT2D eigenvalue weighted by atomic mass is 10.3. The van der Waals surface area contributed by atoms with E-state index in [1.165, 1.54) is 0 Å². The number of hydrogen-bond donors (Lipinski definition) is 1. The smallest absolute Gasteiger partial charge is 0.238 e.